The molecule has 0 radical (unpaired) electrons. The van der Waals surface area contributed by atoms with E-state index in [2.05, 4.69) is 4.74 Å². The van der Waals surface area contributed by atoms with Crippen molar-refractivity contribution in [3.05, 3.63) is 12.2 Å². The van der Waals surface area contributed by atoms with Crippen molar-refractivity contribution in [3.8, 4) is 0 Å². The van der Waals surface area contributed by atoms with Crippen LogP contribution in [0, 0.1) is 0 Å². The lowest BCUT2D eigenvalue weighted by Gasteiger charge is -2.42. The Kier molecular flexibility index (Phi) is 11.4. The van der Waals surface area contributed by atoms with E-state index in [0.717, 1.165) is 0 Å². The predicted molar refractivity (Wildman–Crippen MR) is 131 cm³/mol. The topological polar surface area (TPSA) is 80.3 Å². The second-order valence-electron chi connectivity index (χ2n) is 11.2. The molecule has 0 saturated heterocycles. The van der Waals surface area contributed by atoms with Gasteiger partial charge in [0, 0.05) is 19.1 Å². The van der Waals surface area contributed by atoms with Gasteiger partial charge >= 0.3 is 44.6 Å². The molecule has 0 aromatic heterocycles. The summed E-state index contributed by atoms with van der Waals surface area (Å²) in [4.78, 5) is 23.7. The Labute approximate surface area is 220 Å². The summed E-state index contributed by atoms with van der Waals surface area (Å²) in [5.74, 6) is -22.7. The highest BCUT2D eigenvalue weighted by Crippen LogP contribution is 2.52. The molecule has 38 heavy (non-hydrogen) atoms. The largest absolute Gasteiger partial charge is 0.509 e. The van der Waals surface area contributed by atoms with Gasteiger partial charge in [0.2, 0.25) is 0 Å². The van der Waals surface area contributed by atoms with Crippen molar-refractivity contribution in [1.82, 2.24) is 0 Å². The first-order chi connectivity index (χ1) is 16.4. The fourth-order valence-electron chi connectivity index (χ4n) is 2.58. The van der Waals surface area contributed by atoms with Gasteiger partial charge in [0.15, 0.2) is 31.2 Å². The highest BCUT2D eigenvalue weighted by Gasteiger charge is 2.81. The summed E-state index contributed by atoms with van der Waals surface area (Å²) < 4.78 is 133. The molecule has 0 heterocycles. The molecule has 0 aromatic rings. The lowest BCUT2D eigenvalue weighted by molar-refractivity contribution is -0.413. The summed E-state index contributed by atoms with van der Waals surface area (Å²) in [7, 11) is -10.8. The molecule has 0 aliphatic heterocycles. The Morgan fingerprint density at radius 1 is 0.632 bits per heavy atom. The van der Waals surface area contributed by atoms with Crippen molar-refractivity contribution in [3.63, 3.8) is 0 Å². The molecule has 0 amide bonds. The van der Waals surface area contributed by atoms with Gasteiger partial charge in [-0.1, -0.05) is 0 Å². The minimum atomic E-state index is -6.79. The summed E-state index contributed by atoms with van der Waals surface area (Å²) in [5.41, 5.74) is 0. The van der Waals surface area contributed by atoms with Crippen LogP contribution in [-0.4, -0.2) is 75.8 Å². The van der Waals surface area contributed by atoms with Gasteiger partial charge in [-0.15, -0.1) is 0 Å². The molecule has 0 aliphatic rings. The van der Waals surface area contributed by atoms with Gasteiger partial charge in [-0.3, -0.25) is 0 Å². The minimum Gasteiger partial charge on any atom is -0.458 e. The highest BCUT2D eigenvalue weighted by atomic mass is 28.5. The molecule has 0 rings (SSSR count). The summed E-state index contributed by atoms with van der Waals surface area (Å²) in [6.07, 6.45) is -6.82. The molecule has 0 aromatic carbocycles. The summed E-state index contributed by atoms with van der Waals surface area (Å²) in [5, 5.41) is 0. The first kappa shape index (κ1) is 36.9. The van der Waals surface area contributed by atoms with E-state index in [9.17, 15) is 44.7 Å². The van der Waals surface area contributed by atoms with Crippen molar-refractivity contribution in [2.75, 3.05) is 6.23 Å². The van der Waals surface area contributed by atoms with Gasteiger partial charge in [-0.05, 0) is 58.9 Å². The van der Waals surface area contributed by atoms with Crippen LogP contribution in [0.4, 0.5) is 35.1 Å². The number of carbonyl (C=O) groups is 2. The number of alkyl halides is 8. The highest BCUT2D eigenvalue weighted by molar-refractivity contribution is 6.90. The van der Waals surface area contributed by atoms with E-state index in [1.54, 1.807) is 0 Å². The molecule has 0 unspecified atom stereocenters. The maximum atomic E-state index is 13.6. The first-order valence-corrected chi connectivity index (χ1v) is 23.2. The minimum absolute atomic E-state index is 0.115. The van der Waals surface area contributed by atoms with Crippen LogP contribution in [0.3, 0.4) is 0 Å². The van der Waals surface area contributed by atoms with Crippen LogP contribution in [0.5, 0.6) is 0 Å². The fourth-order valence-corrected chi connectivity index (χ4v) is 16.4. The Morgan fingerprint density at radius 3 is 1.29 bits per heavy atom. The monoisotopic (exact) mass is 638 g/mol. The lowest BCUT2D eigenvalue weighted by atomic mass is 10.1. The van der Waals surface area contributed by atoms with Crippen molar-refractivity contribution in [2.24, 2.45) is 0 Å². The van der Waals surface area contributed by atoms with Crippen molar-refractivity contribution in [2.45, 2.75) is 89.7 Å². The van der Waals surface area contributed by atoms with Crippen LogP contribution in [-0.2, 0) is 31.4 Å². The number of rotatable bonds is 14. The fraction of sp³-hybridized carbons (Fsp3) is 0.789. The molecule has 0 N–H and O–H groups in total. The van der Waals surface area contributed by atoms with Gasteiger partial charge in [-0.25, -0.2) is 9.59 Å². The van der Waals surface area contributed by atoms with Crippen LogP contribution in [0.15, 0.2) is 12.2 Å². The Morgan fingerprint density at radius 2 is 0.974 bits per heavy atom. The van der Waals surface area contributed by atoms with Crippen LogP contribution < -0.4 is 0 Å². The third-order valence-corrected chi connectivity index (χ3v) is 15.3. The van der Waals surface area contributed by atoms with Gasteiger partial charge < -0.3 is 21.8 Å². The average molecular weight is 639 g/mol. The lowest BCUT2D eigenvalue weighted by Crippen LogP contribution is -2.63. The molecule has 0 aliphatic carbocycles. The third-order valence-electron chi connectivity index (χ3n) is 3.67. The maximum Gasteiger partial charge on any atom is 0.509 e. The zero-order valence-electron chi connectivity index (χ0n) is 22.7. The standard InChI is InChI=1S/C19H34F8O7Si4/c1-16(20,21)17(22,23)18(24,25)19(26,27)31-15(29)12-11-14(28)30-13-38(32-35(2,3)4,33-36(5,6)7)34-37(8,9)10/h11-12H,13H2,1-10H3/b12-11+. The molecular weight excluding hydrogens is 605 g/mol. The zero-order valence-corrected chi connectivity index (χ0v) is 26.7. The first-order valence-electron chi connectivity index (χ1n) is 11.1. The van der Waals surface area contributed by atoms with Crippen molar-refractivity contribution >= 4 is 45.7 Å². The maximum absolute atomic E-state index is 13.6. The molecule has 0 fully saturated rings. The van der Waals surface area contributed by atoms with E-state index in [4.69, 9.17) is 17.1 Å². The van der Waals surface area contributed by atoms with Gasteiger partial charge in [0.05, 0.1) is 0 Å². The quantitative estimate of drug-likeness (QED) is 0.0973. The molecule has 0 atom stereocenters. The Hall–Kier alpha value is -1.13. The van der Waals surface area contributed by atoms with Gasteiger partial charge in [0.1, 0.15) is 0 Å². The second kappa shape index (κ2) is 11.8. The number of halogens is 8. The van der Waals surface area contributed by atoms with Crippen LogP contribution in [0.2, 0.25) is 58.9 Å². The molecule has 0 bridgehead atoms. The number of esters is 2. The van der Waals surface area contributed by atoms with E-state index >= 15 is 0 Å². The Balaban J connectivity index is 5.75. The van der Waals surface area contributed by atoms with Crippen LogP contribution >= 0.6 is 0 Å². The summed E-state index contributed by atoms with van der Waals surface area (Å²) >= 11 is 0. The number of carbonyl (C=O) groups excluding carboxylic acids is 2. The zero-order chi connectivity index (χ0) is 30.8. The third kappa shape index (κ3) is 11.2. The van der Waals surface area contributed by atoms with Crippen LogP contribution in [0.25, 0.3) is 0 Å². The van der Waals surface area contributed by atoms with Gasteiger partial charge in [-0.2, -0.15) is 35.1 Å². The Bertz CT molecular complexity index is 835. The average Bonchev–Trinajstić information content (AvgIpc) is 2.58. The smallest absolute Gasteiger partial charge is 0.458 e. The SMILES string of the molecule is CC(F)(F)C(F)(F)C(F)(F)C(F)(F)OC(=O)/C=C/C(=O)OC[Si](O[Si](C)(C)C)(O[Si](C)(C)C)O[Si](C)(C)C. The summed E-state index contributed by atoms with van der Waals surface area (Å²) in [6.45, 7) is 15.8. The van der Waals surface area contributed by atoms with E-state index in [0.29, 0.717) is 0 Å². The summed E-state index contributed by atoms with van der Waals surface area (Å²) in [6, 6.07) is 0. The van der Waals surface area contributed by atoms with E-state index in [-0.39, 0.29) is 12.2 Å². The van der Waals surface area contributed by atoms with Crippen molar-refractivity contribution < 1.29 is 66.5 Å². The molecule has 224 valence electrons. The van der Waals surface area contributed by atoms with E-state index in [1.807, 2.05) is 58.9 Å². The molecule has 0 saturated carbocycles. The molecular formula is C19H34F8O7Si4. The number of hydrogen-bond acceptors (Lipinski definition) is 7. The second-order valence-corrected chi connectivity index (χ2v) is 28.0. The predicted octanol–water partition coefficient (Wildman–Crippen LogP) is 6.18. The van der Waals surface area contributed by atoms with Gasteiger partial charge in [0.25, 0.3) is 0 Å². The number of hydrogen-bond donors (Lipinski definition) is 0. The van der Waals surface area contributed by atoms with Crippen LogP contribution in [0.1, 0.15) is 6.92 Å². The molecule has 0 spiro atoms. The molecule has 7 nitrogen and oxygen atoms in total. The normalized spacial score (nSPS) is 15.1. The number of ether oxygens (including phenoxy) is 2. The molecule has 19 heteroatoms. The van der Waals surface area contributed by atoms with Crippen molar-refractivity contribution in [1.29, 1.82) is 0 Å². The van der Waals surface area contributed by atoms with E-state index < -0.39 is 82.7 Å². The van der Waals surface area contributed by atoms with E-state index in [1.165, 1.54) is 0 Å².